The fourth-order valence-corrected chi connectivity index (χ4v) is 5.27. The van der Waals surface area contributed by atoms with Crippen molar-refractivity contribution in [3.8, 4) is 0 Å². The third-order valence-electron chi connectivity index (χ3n) is 6.94. The molecule has 1 heterocycles. The maximum absolute atomic E-state index is 4.52. The summed E-state index contributed by atoms with van der Waals surface area (Å²) >= 11 is 1.41. The van der Waals surface area contributed by atoms with Crippen molar-refractivity contribution in [3.63, 3.8) is 0 Å². The van der Waals surface area contributed by atoms with Crippen LogP contribution in [0.1, 0.15) is 109 Å². The first kappa shape index (κ1) is 29.3. The van der Waals surface area contributed by atoms with Crippen molar-refractivity contribution < 1.29 is 0 Å². The fraction of sp³-hybridized carbons (Fsp3) is 0.613. The molecule has 0 saturated heterocycles. The van der Waals surface area contributed by atoms with E-state index in [1.54, 1.807) is 6.34 Å². The van der Waals surface area contributed by atoms with Crippen molar-refractivity contribution >= 4 is 40.0 Å². The average Bonchev–Trinajstić information content (AvgIpc) is 3.29. The number of rotatable bonds is 17. The molecule has 1 unspecified atom stereocenters. The minimum atomic E-state index is -0.254. The molecule has 182 valence electrons. The summed E-state index contributed by atoms with van der Waals surface area (Å²) in [6.07, 6.45) is 33.0. The Labute approximate surface area is 227 Å². The number of hydrogen-bond acceptors (Lipinski definition) is 2. The molecule has 0 fully saturated rings. The first-order chi connectivity index (χ1) is 16.8. The maximum atomic E-state index is 4.52. The van der Waals surface area contributed by atoms with Crippen LogP contribution in [-0.4, -0.2) is 45.5 Å². The van der Waals surface area contributed by atoms with Crippen molar-refractivity contribution in [2.75, 3.05) is 0 Å². The van der Waals surface area contributed by atoms with Crippen LogP contribution in [-0.2, 0) is 6.42 Å². The summed E-state index contributed by atoms with van der Waals surface area (Å²) in [4.78, 5) is 8.83. The zero-order valence-corrected chi connectivity index (χ0v) is 24.2. The molecule has 1 aromatic rings. The van der Waals surface area contributed by atoms with Gasteiger partial charge in [-0.25, -0.2) is 4.99 Å². The van der Waals surface area contributed by atoms with Crippen LogP contribution in [0, 0.1) is 0 Å². The molecule has 2 aliphatic rings. The van der Waals surface area contributed by atoms with Crippen molar-refractivity contribution in [3.05, 3.63) is 60.2 Å². The minimum absolute atomic E-state index is 0.254. The van der Waals surface area contributed by atoms with Crippen LogP contribution < -0.4 is 0 Å². The van der Waals surface area contributed by atoms with Gasteiger partial charge in [0.15, 0.2) is 0 Å². The summed E-state index contributed by atoms with van der Waals surface area (Å²) in [6, 6.07) is 10.4. The Morgan fingerprint density at radius 1 is 0.706 bits per heavy atom. The van der Waals surface area contributed by atoms with Gasteiger partial charge < -0.3 is 0 Å². The number of unbranched alkanes of at least 4 members (excludes halogenated alkanes) is 14. The molecular weight excluding hydrogens is 423 g/mol. The van der Waals surface area contributed by atoms with Gasteiger partial charge in [0.05, 0.1) is 5.71 Å². The normalized spacial score (nSPS) is 17.9. The summed E-state index contributed by atoms with van der Waals surface area (Å²) in [5.74, 6) is 0. The molecule has 2 nitrogen and oxygen atoms in total. The summed E-state index contributed by atoms with van der Waals surface area (Å²) in [5.41, 5.74) is 2.07. The number of nitrogens with zero attached hydrogens (tertiary/aromatic N) is 2. The molecule has 0 bridgehead atoms. The summed E-state index contributed by atoms with van der Waals surface area (Å²) in [7, 11) is 0. The van der Waals surface area contributed by atoms with Gasteiger partial charge in [0.25, 0.3) is 0 Å². The molecule has 0 saturated carbocycles. The molecule has 1 aliphatic heterocycles. The number of fused-ring (bicyclic) bond motifs is 1. The predicted molar refractivity (Wildman–Crippen MR) is 153 cm³/mol. The van der Waals surface area contributed by atoms with Gasteiger partial charge >= 0.3 is 102 Å². The van der Waals surface area contributed by atoms with Gasteiger partial charge in [0, 0.05) is 6.42 Å². The Morgan fingerprint density at radius 3 is 1.82 bits per heavy atom. The van der Waals surface area contributed by atoms with Gasteiger partial charge in [-0.3, -0.25) is 4.99 Å². The van der Waals surface area contributed by atoms with Crippen LogP contribution in [0.25, 0.3) is 0 Å². The number of aliphatic imine (C=N–C) groups is 2. The number of hydrogen-bond donors (Lipinski definition) is 0. The summed E-state index contributed by atoms with van der Waals surface area (Å²) in [6.45, 7) is 2.30. The molecule has 3 heteroatoms. The van der Waals surface area contributed by atoms with Gasteiger partial charge in [0.1, 0.15) is 11.9 Å². The first-order valence-corrected chi connectivity index (χ1v) is 15.7. The molecule has 0 spiro atoms. The van der Waals surface area contributed by atoms with Crippen LogP contribution in [0.3, 0.4) is 0 Å². The summed E-state index contributed by atoms with van der Waals surface area (Å²) < 4.78 is 1.51. The zero-order chi connectivity index (χ0) is 24.2. The molecule has 1 aliphatic carbocycles. The third-order valence-corrected chi connectivity index (χ3v) is 7.65. The Balaban J connectivity index is 0.000000241. The van der Waals surface area contributed by atoms with Crippen molar-refractivity contribution in [2.45, 2.75) is 119 Å². The van der Waals surface area contributed by atoms with Gasteiger partial charge in [0.2, 0.25) is 0 Å². The van der Waals surface area contributed by atoms with Crippen molar-refractivity contribution in [1.82, 2.24) is 0 Å². The second-order valence-electron chi connectivity index (χ2n) is 10.0. The van der Waals surface area contributed by atoms with Gasteiger partial charge in [-0.15, -0.1) is 0 Å². The van der Waals surface area contributed by atoms with E-state index < -0.39 is 0 Å². The van der Waals surface area contributed by atoms with E-state index in [1.807, 2.05) is 24.3 Å². The first-order valence-electron chi connectivity index (χ1n) is 14.3. The molecule has 0 N–H and O–H groups in total. The van der Waals surface area contributed by atoms with Gasteiger partial charge in [-0.05, 0) is 11.6 Å². The molecular formula is C31H47N2Na. The molecule has 0 radical (unpaired) electrons. The Kier molecular flexibility index (Phi) is 16.6. The van der Waals surface area contributed by atoms with Crippen LogP contribution in [0.5, 0.6) is 0 Å². The quantitative estimate of drug-likeness (QED) is 0.160. The number of benzene rings is 1. The third kappa shape index (κ3) is 12.1. The van der Waals surface area contributed by atoms with E-state index >= 15 is 0 Å². The topological polar surface area (TPSA) is 24.7 Å². The molecule has 1 atom stereocenters. The van der Waals surface area contributed by atoms with Crippen LogP contribution >= 0.6 is 0 Å². The Bertz CT molecular complexity index is 734. The van der Waals surface area contributed by atoms with E-state index in [4.69, 9.17) is 0 Å². The van der Waals surface area contributed by atoms with E-state index in [0.29, 0.717) is 0 Å². The van der Waals surface area contributed by atoms with Crippen molar-refractivity contribution in [2.24, 2.45) is 9.98 Å². The zero-order valence-electron chi connectivity index (χ0n) is 22.2. The van der Waals surface area contributed by atoms with E-state index in [-0.39, 0.29) is 5.54 Å². The molecule has 0 aromatic heterocycles. The Hall–Kier alpha value is -0.960. The van der Waals surface area contributed by atoms with Crippen LogP contribution in [0.2, 0.25) is 3.67 Å². The SMILES string of the molecule is C1=CC2=NC=NC2(Cc2ccccc2)C=C1.CCCCCCCCCCCCCCCC[CH2][Na]. The van der Waals surface area contributed by atoms with Crippen LogP contribution in [0.4, 0.5) is 0 Å². The van der Waals surface area contributed by atoms with Crippen LogP contribution in [0.15, 0.2) is 64.6 Å². The molecule has 34 heavy (non-hydrogen) atoms. The molecule has 1 aromatic carbocycles. The molecule has 0 amide bonds. The second-order valence-corrected chi connectivity index (χ2v) is 11.0. The average molecular weight is 471 g/mol. The standard InChI is InChI=1S/C17H35.C14H12N2.Na/c1-3-5-7-9-11-13-15-17-16-14-12-10-8-6-4-2;1-2-6-12(7-3-1)10-14-9-5-4-8-13(14)15-11-16-14;/h1,3-17H2,2H3;1-9,11H,10H2;. The van der Waals surface area contributed by atoms with Gasteiger partial charge in [-0.1, -0.05) is 81.2 Å². The summed E-state index contributed by atoms with van der Waals surface area (Å²) in [5, 5.41) is 0. The number of allylic oxidation sites excluding steroid dienone is 2. The van der Waals surface area contributed by atoms with E-state index in [1.165, 1.54) is 133 Å². The second kappa shape index (κ2) is 19.3. The predicted octanol–water partition coefficient (Wildman–Crippen LogP) is 9.02. The molecule has 3 rings (SSSR count). The Morgan fingerprint density at radius 2 is 1.26 bits per heavy atom. The van der Waals surface area contributed by atoms with Crippen molar-refractivity contribution in [1.29, 1.82) is 0 Å². The fourth-order valence-electron chi connectivity index (χ4n) is 4.77. The van der Waals surface area contributed by atoms with E-state index in [2.05, 4.69) is 47.3 Å². The van der Waals surface area contributed by atoms with E-state index in [0.717, 1.165) is 12.1 Å². The van der Waals surface area contributed by atoms with E-state index in [9.17, 15) is 0 Å². The van der Waals surface area contributed by atoms with Gasteiger partial charge in [-0.2, -0.15) is 0 Å². The monoisotopic (exact) mass is 470 g/mol.